The molecule has 0 bridgehead atoms. The summed E-state index contributed by atoms with van der Waals surface area (Å²) in [4.78, 5) is 7.70. The van der Waals surface area contributed by atoms with Crippen LogP contribution in [0.3, 0.4) is 0 Å². The van der Waals surface area contributed by atoms with Crippen LogP contribution in [0.15, 0.2) is 0 Å². The molecular formula is C15H32N4. The second kappa shape index (κ2) is 7.02. The highest BCUT2D eigenvalue weighted by molar-refractivity contribution is 4.95. The maximum absolute atomic E-state index is 6.11. The fourth-order valence-corrected chi connectivity index (χ4v) is 3.75. The van der Waals surface area contributed by atoms with Gasteiger partial charge in [-0.2, -0.15) is 0 Å². The van der Waals surface area contributed by atoms with E-state index in [1.54, 1.807) is 0 Å². The average molecular weight is 268 g/mol. The van der Waals surface area contributed by atoms with E-state index in [1.807, 2.05) is 0 Å². The molecule has 19 heavy (non-hydrogen) atoms. The van der Waals surface area contributed by atoms with Crippen molar-refractivity contribution in [1.29, 1.82) is 0 Å². The van der Waals surface area contributed by atoms with Gasteiger partial charge in [0.25, 0.3) is 0 Å². The maximum atomic E-state index is 6.11. The SMILES string of the molecule is CCN(CCN1CCN(C)CC1)C1(CN)CCCC1. The van der Waals surface area contributed by atoms with Gasteiger partial charge < -0.3 is 10.6 Å². The molecular weight excluding hydrogens is 236 g/mol. The van der Waals surface area contributed by atoms with Gasteiger partial charge in [-0.05, 0) is 26.4 Å². The summed E-state index contributed by atoms with van der Waals surface area (Å²) in [7, 11) is 2.22. The molecule has 1 saturated carbocycles. The molecule has 0 radical (unpaired) electrons. The minimum atomic E-state index is 0.321. The summed E-state index contributed by atoms with van der Waals surface area (Å²) < 4.78 is 0. The second-order valence-corrected chi connectivity index (χ2v) is 6.36. The van der Waals surface area contributed by atoms with Crippen molar-refractivity contribution < 1.29 is 0 Å². The summed E-state index contributed by atoms with van der Waals surface area (Å²) in [5.41, 5.74) is 6.43. The van der Waals surface area contributed by atoms with Crippen molar-refractivity contribution >= 4 is 0 Å². The van der Waals surface area contributed by atoms with Gasteiger partial charge in [-0.3, -0.25) is 9.80 Å². The summed E-state index contributed by atoms with van der Waals surface area (Å²) in [6.07, 6.45) is 5.34. The molecule has 2 aliphatic rings. The van der Waals surface area contributed by atoms with Crippen LogP contribution >= 0.6 is 0 Å². The Morgan fingerprint density at radius 3 is 2.26 bits per heavy atom. The number of nitrogens with two attached hydrogens (primary N) is 1. The van der Waals surface area contributed by atoms with Gasteiger partial charge in [-0.25, -0.2) is 0 Å². The Hall–Kier alpha value is -0.160. The van der Waals surface area contributed by atoms with Crippen LogP contribution in [0.5, 0.6) is 0 Å². The predicted octanol–water partition coefficient (Wildman–Crippen LogP) is 0.827. The lowest BCUT2D eigenvalue weighted by molar-refractivity contribution is 0.0765. The van der Waals surface area contributed by atoms with Crippen molar-refractivity contribution in [2.75, 3.05) is 59.4 Å². The Morgan fingerprint density at radius 1 is 1.11 bits per heavy atom. The summed E-state index contributed by atoms with van der Waals surface area (Å²) in [5.74, 6) is 0. The van der Waals surface area contributed by atoms with Crippen LogP contribution in [0.1, 0.15) is 32.6 Å². The lowest BCUT2D eigenvalue weighted by Crippen LogP contribution is -2.55. The van der Waals surface area contributed by atoms with Gasteiger partial charge in [-0.1, -0.05) is 19.8 Å². The van der Waals surface area contributed by atoms with Crippen LogP contribution in [0.25, 0.3) is 0 Å². The second-order valence-electron chi connectivity index (χ2n) is 6.36. The first-order valence-electron chi connectivity index (χ1n) is 8.06. The van der Waals surface area contributed by atoms with Gasteiger partial charge in [0.2, 0.25) is 0 Å². The molecule has 0 aromatic rings. The molecule has 0 aromatic carbocycles. The summed E-state index contributed by atoms with van der Waals surface area (Å²) in [6, 6.07) is 0. The van der Waals surface area contributed by atoms with E-state index >= 15 is 0 Å². The molecule has 0 aromatic heterocycles. The monoisotopic (exact) mass is 268 g/mol. The lowest BCUT2D eigenvalue weighted by Gasteiger charge is -2.42. The van der Waals surface area contributed by atoms with Crippen LogP contribution in [-0.2, 0) is 0 Å². The molecule has 1 saturated heterocycles. The van der Waals surface area contributed by atoms with E-state index in [9.17, 15) is 0 Å². The molecule has 1 heterocycles. The third-order valence-corrected chi connectivity index (χ3v) is 5.25. The van der Waals surface area contributed by atoms with Crippen LogP contribution < -0.4 is 5.73 Å². The van der Waals surface area contributed by atoms with E-state index < -0.39 is 0 Å². The first-order chi connectivity index (χ1) is 9.20. The molecule has 2 fully saturated rings. The Bertz CT molecular complexity index is 255. The van der Waals surface area contributed by atoms with Gasteiger partial charge in [0.15, 0.2) is 0 Å². The fourth-order valence-electron chi connectivity index (χ4n) is 3.75. The quantitative estimate of drug-likeness (QED) is 0.774. The summed E-state index contributed by atoms with van der Waals surface area (Å²) >= 11 is 0. The van der Waals surface area contributed by atoms with Crippen molar-refractivity contribution in [2.45, 2.75) is 38.1 Å². The van der Waals surface area contributed by atoms with Gasteiger partial charge >= 0.3 is 0 Å². The minimum absolute atomic E-state index is 0.321. The van der Waals surface area contributed by atoms with E-state index in [4.69, 9.17) is 5.73 Å². The van der Waals surface area contributed by atoms with Crippen molar-refractivity contribution in [1.82, 2.24) is 14.7 Å². The summed E-state index contributed by atoms with van der Waals surface area (Å²) in [6.45, 7) is 11.6. The van der Waals surface area contributed by atoms with Gasteiger partial charge in [0.05, 0.1) is 0 Å². The van der Waals surface area contributed by atoms with Crippen molar-refractivity contribution in [3.8, 4) is 0 Å². The number of rotatable bonds is 6. The van der Waals surface area contributed by atoms with Crippen LogP contribution in [0.4, 0.5) is 0 Å². The first kappa shape index (κ1) is 15.2. The smallest absolute Gasteiger partial charge is 0.0332 e. The van der Waals surface area contributed by atoms with E-state index in [-0.39, 0.29) is 0 Å². The molecule has 0 spiro atoms. The molecule has 112 valence electrons. The van der Waals surface area contributed by atoms with E-state index in [0.717, 1.165) is 13.1 Å². The predicted molar refractivity (Wildman–Crippen MR) is 81.4 cm³/mol. The fraction of sp³-hybridized carbons (Fsp3) is 1.00. The van der Waals surface area contributed by atoms with Crippen molar-refractivity contribution in [2.24, 2.45) is 5.73 Å². The molecule has 0 unspecified atom stereocenters. The van der Waals surface area contributed by atoms with E-state index in [2.05, 4.69) is 28.7 Å². The highest BCUT2D eigenvalue weighted by Crippen LogP contribution is 2.34. The maximum Gasteiger partial charge on any atom is 0.0332 e. The number of hydrogen-bond donors (Lipinski definition) is 1. The third-order valence-electron chi connectivity index (χ3n) is 5.25. The number of hydrogen-bond acceptors (Lipinski definition) is 4. The standard InChI is InChI=1S/C15H32N4/c1-3-19(15(14-16)6-4-5-7-15)13-12-18-10-8-17(2)9-11-18/h3-14,16H2,1-2H3. The topological polar surface area (TPSA) is 35.7 Å². The van der Waals surface area contributed by atoms with E-state index in [1.165, 1.54) is 65.0 Å². The normalized spacial score (nSPS) is 25.3. The molecule has 1 aliphatic heterocycles. The van der Waals surface area contributed by atoms with Crippen molar-refractivity contribution in [3.05, 3.63) is 0 Å². The number of likely N-dealkylation sites (N-methyl/N-ethyl adjacent to an activating group) is 2. The van der Waals surface area contributed by atoms with Crippen molar-refractivity contribution in [3.63, 3.8) is 0 Å². The van der Waals surface area contributed by atoms with Crippen LogP contribution in [0, 0.1) is 0 Å². The van der Waals surface area contributed by atoms with Gasteiger partial charge in [0, 0.05) is 51.4 Å². The molecule has 2 rings (SSSR count). The average Bonchev–Trinajstić information content (AvgIpc) is 2.91. The van der Waals surface area contributed by atoms with E-state index in [0.29, 0.717) is 5.54 Å². The zero-order chi connectivity index (χ0) is 13.7. The molecule has 1 aliphatic carbocycles. The highest BCUT2D eigenvalue weighted by atomic mass is 15.3. The molecule has 0 atom stereocenters. The minimum Gasteiger partial charge on any atom is -0.329 e. The summed E-state index contributed by atoms with van der Waals surface area (Å²) in [5, 5.41) is 0. The Labute approximate surface area is 118 Å². The highest BCUT2D eigenvalue weighted by Gasteiger charge is 2.37. The molecule has 0 amide bonds. The van der Waals surface area contributed by atoms with Gasteiger partial charge in [-0.15, -0.1) is 0 Å². The third kappa shape index (κ3) is 3.69. The largest absolute Gasteiger partial charge is 0.329 e. The lowest BCUT2D eigenvalue weighted by atomic mass is 9.95. The molecule has 4 heteroatoms. The Balaban J connectivity index is 1.82. The zero-order valence-electron chi connectivity index (χ0n) is 12.9. The van der Waals surface area contributed by atoms with Crippen LogP contribution in [-0.4, -0.2) is 79.6 Å². The Morgan fingerprint density at radius 2 is 1.74 bits per heavy atom. The number of piperazine rings is 1. The number of nitrogens with zero attached hydrogens (tertiary/aromatic N) is 3. The molecule has 2 N–H and O–H groups in total. The first-order valence-corrected chi connectivity index (χ1v) is 8.06. The van der Waals surface area contributed by atoms with Gasteiger partial charge in [0.1, 0.15) is 0 Å². The molecule has 4 nitrogen and oxygen atoms in total. The zero-order valence-corrected chi connectivity index (χ0v) is 12.9. The van der Waals surface area contributed by atoms with Crippen LogP contribution in [0.2, 0.25) is 0 Å². The Kier molecular flexibility index (Phi) is 5.63.